The number of fused-ring (bicyclic) bond motifs is 4. The second-order valence-electron chi connectivity index (χ2n) is 3.99. The zero-order valence-electron chi connectivity index (χ0n) is 8.20. The minimum atomic E-state index is -2.06. The van der Waals surface area contributed by atoms with Crippen molar-refractivity contribution in [3.8, 4) is 0 Å². The lowest BCUT2D eigenvalue weighted by atomic mass is 11.9. The highest BCUT2D eigenvalue weighted by molar-refractivity contribution is 6.88. The van der Waals surface area contributed by atoms with Crippen LogP contribution in [0.5, 0.6) is 0 Å². The van der Waals surface area contributed by atoms with Crippen molar-refractivity contribution in [3.63, 3.8) is 0 Å². The number of hydrogen-bond acceptors (Lipinski definition) is 5. The van der Waals surface area contributed by atoms with Crippen molar-refractivity contribution in [2.45, 2.75) is 26.2 Å². The molecule has 0 spiro atoms. The molecule has 0 amide bonds. The molecule has 3 saturated heterocycles. The molecule has 3 aliphatic rings. The van der Waals surface area contributed by atoms with Crippen LogP contribution in [-0.2, 0) is 20.6 Å². The third-order valence-electron chi connectivity index (χ3n) is 1.70. The molecule has 0 N–H and O–H groups in total. The molecule has 0 aromatic rings. The summed E-state index contributed by atoms with van der Waals surface area (Å²) in [6.07, 6.45) is 0. The smallest absolute Gasteiger partial charge is 0.416 e. The summed E-state index contributed by atoms with van der Waals surface area (Å²) >= 11 is 0. The summed E-state index contributed by atoms with van der Waals surface area (Å²) in [5, 5.41) is 0. The highest BCUT2D eigenvalue weighted by Gasteiger charge is 2.52. The molecule has 0 unspecified atom stereocenters. The fourth-order valence-corrected chi connectivity index (χ4v) is 15.5. The molecule has 3 heterocycles. The van der Waals surface area contributed by atoms with Crippen molar-refractivity contribution < 1.29 is 20.6 Å². The molecule has 5 nitrogen and oxygen atoms in total. The summed E-state index contributed by atoms with van der Waals surface area (Å²) < 4.78 is 28.2. The van der Waals surface area contributed by atoms with Gasteiger partial charge in [0, 0.05) is 0 Å². The van der Waals surface area contributed by atoms with E-state index in [0.717, 1.165) is 0 Å². The molecule has 13 heavy (non-hydrogen) atoms. The molecule has 76 valence electrons. The van der Waals surface area contributed by atoms with Crippen molar-refractivity contribution in [2.75, 3.05) is 0 Å². The fourth-order valence-electron chi connectivity index (χ4n) is 1.41. The number of rotatable bonds is 0. The van der Waals surface area contributed by atoms with E-state index in [2.05, 4.69) is 0 Å². The largest absolute Gasteiger partial charge is 0.460 e. The lowest BCUT2D eigenvalue weighted by molar-refractivity contribution is 0.105. The fraction of sp³-hybridized carbons (Fsp3) is 1.00. The Balaban J connectivity index is 2.10. The summed E-state index contributed by atoms with van der Waals surface area (Å²) in [6.45, 7) is 8.02. The number of hydrogen-bond donors (Lipinski definition) is 0. The van der Waals surface area contributed by atoms with Gasteiger partial charge in [0.15, 0.2) is 0 Å². The molecule has 3 fully saturated rings. The lowest BCUT2D eigenvalue weighted by Crippen LogP contribution is -2.66. The minimum Gasteiger partial charge on any atom is -0.416 e. The van der Waals surface area contributed by atoms with Gasteiger partial charge in [0.25, 0.3) is 0 Å². The topological polar surface area (TPSA) is 46.2 Å². The third kappa shape index (κ3) is 2.37. The van der Waals surface area contributed by atoms with Gasteiger partial charge >= 0.3 is 36.2 Å². The molecule has 0 atom stereocenters. The molecule has 2 bridgehead atoms. The summed E-state index contributed by atoms with van der Waals surface area (Å²) in [7, 11) is -7.75. The first-order valence-corrected chi connectivity index (χ1v) is 12.7. The monoisotopic (exact) mass is 254 g/mol. The van der Waals surface area contributed by atoms with Crippen LogP contribution in [-0.4, -0.2) is 36.2 Å². The van der Waals surface area contributed by atoms with E-state index in [0.29, 0.717) is 0 Å². The first-order chi connectivity index (χ1) is 5.86. The van der Waals surface area contributed by atoms with Crippen molar-refractivity contribution in [1.82, 2.24) is 0 Å². The maximum absolute atomic E-state index is 5.91. The van der Waals surface area contributed by atoms with Gasteiger partial charge in [-0.25, -0.2) is 0 Å². The van der Waals surface area contributed by atoms with Crippen LogP contribution in [0.15, 0.2) is 0 Å². The van der Waals surface area contributed by atoms with E-state index in [9.17, 15) is 0 Å². The van der Waals surface area contributed by atoms with E-state index in [1.54, 1.807) is 0 Å². The van der Waals surface area contributed by atoms with Crippen LogP contribution in [0.1, 0.15) is 0 Å². The molecule has 0 aromatic carbocycles. The molecule has 0 radical (unpaired) electrons. The van der Waals surface area contributed by atoms with E-state index in [1.165, 1.54) is 0 Å². The van der Waals surface area contributed by atoms with E-state index >= 15 is 0 Å². The van der Waals surface area contributed by atoms with Gasteiger partial charge < -0.3 is 20.6 Å². The molecule has 9 heteroatoms. The summed E-state index contributed by atoms with van der Waals surface area (Å²) in [4.78, 5) is 0. The zero-order chi connectivity index (χ0) is 9.69. The van der Waals surface area contributed by atoms with Gasteiger partial charge in [-0.1, -0.05) is 0 Å². The summed E-state index contributed by atoms with van der Waals surface area (Å²) in [6, 6.07) is 0. The Bertz CT molecular complexity index is 195. The van der Waals surface area contributed by atoms with Crippen LogP contribution in [0.3, 0.4) is 0 Å². The maximum atomic E-state index is 5.91. The Labute approximate surface area is 83.3 Å². The van der Waals surface area contributed by atoms with Gasteiger partial charge in [0.2, 0.25) is 0 Å². The van der Waals surface area contributed by atoms with E-state index in [-0.39, 0.29) is 0 Å². The van der Waals surface area contributed by atoms with E-state index in [4.69, 9.17) is 20.6 Å². The molecular formula is C4H14O5Si4. The normalized spacial score (nSPS) is 41.5. The Hall–Kier alpha value is 0.668. The SMILES string of the molecule is C[Si]1(C)O[SiH]2O[SiH](O2)O[Si](C)(C)O1. The average molecular weight is 254 g/mol. The summed E-state index contributed by atoms with van der Waals surface area (Å²) in [5.41, 5.74) is 0. The van der Waals surface area contributed by atoms with E-state index < -0.39 is 36.2 Å². The van der Waals surface area contributed by atoms with Crippen molar-refractivity contribution in [1.29, 1.82) is 0 Å². The Kier molecular flexibility index (Phi) is 2.41. The van der Waals surface area contributed by atoms with Gasteiger partial charge in [-0.05, 0) is 26.2 Å². The predicted molar refractivity (Wildman–Crippen MR) is 54.7 cm³/mol. The van der Waals surface area contributed by atoms with Gasteiger partial charge in [0.1, 0.15) is 0 Å². The third-order valence-corrected chi connectivity index (χ3v) is 15.3. The first-order valence-electron chi connectivity index (χ1n) is 4.23. The predicted octanol–water partition coefficient (Wildman–Crippen LogP) is -0.0654. The average Bonchev–Trinajstić information content (AvgIpc) is 1.75. The lowest BCUT2D eigenvalue weighted by Gasteiger charge is -2.45. The van der Waals surface area contributed by atoms with Gasteiger partial charge in [-0.2, -0.15) is 0 Å². The van der Waals surface area contributed by atoms with Crippen LogP contribution in [0, 0.1) is 0 Å². The van der Waals surface area contributed by atoms with Crippen LogP contribution >= 0.6 is 0 Å². The van der Waals surface area contributed by atoms with Crippen molar-refractivity contribution >= 4 is 36.2 Å². The molecule has 0 saturated carbocycles. The van der Waals surface area contributed by atoms with Gasteiger partial charge in [-0.3, -0.25) is 0 Å². The molecule has 3 rings (SSSR count). The van der Waals surface area contributed by atoms with Crippen LogP contribution in [0.25, 0.3) is 0 Å². The van der Waals surface area contributed by atoms with Crippen LogP contribution < -0.4 is 0 Å². The highest BCUT2D eigenvalue weighted by Crippen LogP contribution is 2.27. The highest BCUT2D eigenvalue weighted by atomic mass is 28.6. The maximum Gasteiger partial charge on any atom is 0.460 e. The van der Waals surface area contributed by atoms with Gasteiger partial charge in [-0.15, -0.1) is 0 Å². The van der Waals surface area contributed by atoms with Crippen molar-refractivity contribution in [3.05, 3.63) is 0 Å². The van der Waals surface area contributed by atoms with E-state index in [1.807, 2.05) is 26.2 Å². The first kappa shape index (κ1) is 10.2. The molecular weight excluding hydrogens is 240 g/mol. The quantitative estimate of drug-likeness (QED) is 0.567. The Morgan fingerprint density at radius 2 is 1.15 bits per heavy atom. The standard InChI is InChI=1S/C4H14O5Si4/c1-12(2)7-10-5-11(6-10)8-13(3,4)9-12/h10-11H,1-4H3. The molecule has 0 aromatic heterocycles. The second kappa shape index (κ2) is 3.08. The zero-order valence-corrected chi connectivity index (χ0v) is 12.5. The molecule has 3 aliphatic heterocycles. The second-order valence-corrected chi connectivity index (χ2v) is 15.6. The van der Waals surface area contributed by atoms with Crippen molar-refractivity contribution in [2.24, 2.45) is 0 Å². The van der Waals surface area contributed by atoms with Crippen LogP contribution in [0.4, 0.5) is 0 Å². The Morgan fingerprint density at radius 1 is 0.769 bits per heavy atom. The minimum absolute atomic E-state index is 1.81. The molecule has 0 aliphatic carbocycles. The van der Waals surface area contributed by atoms with Gasteiger partial charge in [0.05, 0.1) is 0 Å². The van der Waals surface area contributed by atoms with Crippen LogP contribution in [0.2, 0.25) is 26.2 Å². The Morgan fingerprint density at radius 3 is 1.54 bits per heavy atom. The summed E-state index contributed by atoms with van der Waals surface area (Å²) in [5.74, 6) is 0.